The van der Waals surface area contributed by atoms with Gasteiger partial charge in [0.25, 0.3) is 0 Å². The maximum atomic E-state index is 12.1. The first kappa shape index (κ1) is 16.7. The van der Waals surface area contributed by atoms with Gasteiger partial charge < -0.3 is 0 Å². The molecule has 1 heteroatoms. The fraction of sp³-hybridized carbons (Fsp3) is 0.526. The molecule has 0 radical (unpaired) electrons. The molecule has 1 nitrogen and oxygen atoms in total. The summed E-state index contributed by atoms with van der Waals surface area (Å²) in [6.45, 7) is 8.24. The van der Waals surface area contributed by atoms with Gasteiger partial charge in [0, 0.05) is 12.8 Å². The highest BCUT2D eigenvalue weighted by Crippen LogP contribution is 2.27. The number of benzene rings is 1. The maximum absolute atomic E-state index is 12.1. The van der Waals surface area contributed by atoms with Crippen LogP contribution in [0.4, 0.5) is 0 Å². The summed E-state index contributed by atoms with van der Waals surface area (Å²) in [5.74, 6) is 0.698. The minimum Gasteiger partial charge on any atom is -0.300 e. The molecule has 1 rings (SSSR count). The van der Waals surface area contributed by atoms with Crippen molar-refractivity contribution in [1.29, 1.82) is 0 Å². The lowest BCUT2D eigenvalue weighted by Crippen LogP contribution is -2.08. The molecular formula is C19H28O. The van der Waals surface area contributed by atoms with Crippen molar-refractivity contribution in [3.63, 3.8) is 0 Å². The zero-order chi connectivity index (χ0) is 14.8. The van der Waals surface area contributed by atoms with Gasteiger partial charge in [0.2, 0.25) is 0 Å². The van der Waals surface area contributed by atoms with Gasteiger partial charge in [-0.25, -0.2) is 0 Å². The molecule has 0 aliphatic heterocycles. The molecule has 0 saturated carbocycles. The van der Waals surface area contributed by atoms with Crippen molar-refractivity contribution in [1.82, 2.24) is 0 Å². The van der Waals surface area contributed by atoms with E-state index < -0.39 is 0 Å². The fourth-order valence-corrected chi connectivity index (χ4v) is 2.58. The van der Waals surface area contributed by atoms with Gasteiger partial charge in [-0.05, 0) is 31.2 Å². The van der Waals surface area contributed by atoms with Gasteiger partial charge in [-0.2, -0.15) is 0 Å². The van der Waals surface area contributed by atoms with Crippen molar-refractivity contribution >= 4 is 5.78 Å². The Morgan fingerprint density at radius 2 is 1.80 bits per heavy atom. The summed E-state index contributed by atoms with van der Waals surface area (Å²) >= 11 is 0. The standard InChI is InChI=1S/C19H28O/c1-4-5-6-10-13-19(20)15-18(14-16(2)3)17-11-8-7-9-12-17/h7-9,11-12,18H,2,4-6,10,13-15H2,1,3H3. The van der Waals surface area contributed by atoms with Gasteiger partial charge in [-0.1, -0.05) is 62.1 Å². The molecule has 0 heterocycles. The van der Waals surface area contributed by atoms with Crippen molar-refractivity contribution in [3.8, 4) is 0 Å². The molecule has 0 saturated heterocycles. The van der Waals surface area contributed by atoms with E-state index in [1.54, 1.807) is 0 Å². The molecule has 0 aromatic heterocycles. The Hall–Kier alpha value is -1.37. The van der Waals surface area contributed by atoms with Crippen LogP contribution in [0.15, 0.2) is 42.5 Å². The fourth-order valence-electron chi connectivity index (χ4n) is 2.58. The maximum Gasteiger partial charge on any atom is 0.133 e. The van der Waals surface area contributed by atoms with E-state index in [4.69, 9.17) is 0 Å². The molecule has 0 aliphatic carbocycles. The number of Topliss-reactive ketones (excluding diaryl/α,β-unsaturated/α-hetero) is 1. The highest BCUT2D eigenvalue weighted by Gasteiger charge is 2.15. The third-order valence-corrected chi connectivity index (χ3v) is 3.65. The molecule has 1 unspecified atom stereocenters. The van der Waals surface area contributed by atoms with E-state index in [9.17, 15) is 4.79 Å². The molecule has 0 bridgehead atoms. The molecule has 1 aromatic carbocycles. The number of allylic oxidation sites excluding steroid dienone is 1. The number of rotatable bonds is 10. The van der Waals surface area contributed by atoms with E-state index in [1.807, 2.05) is 25.1 Å². The van der Waals surface area contributed by atoms with Gasteiger partial charge in [0.05, 0.1) is 0 Å². The molecule has 0 N–H and O–H groups in total. The van der Waals surface area contributed by atoms with E-state index in [2.05, 4.69) is 25.6 Å². The predicted octanol–water partition coefficient (Wildman–Crippen LogP) is 5.67. The van der Waals surface area contributed by atoms with Crippen LogP contribution in [0.5, 0.6) is 0 Å². The second kappa shape index (κ2) is 9.52. The summed E-state index contributed by atoms with van der Waals surface area (Å²) in [6.07, 6.45) is 6.98. The predicted molar refractivity (Wildman–Crippen MR) is 87.0 cm³/mol. The molecule has 0 spiro atoms. The van der Waals surface area contributed by atoms with Crippen LogP contribution in [0.25, 0.3) is 0 Å². The van der Waals surface area contributed by atoms with Crippen molar-refractivity contribution in [2.75, 3.05) is 0 Å². The monoisotopic (exact) mass is 272 g/mol. The second-order valence-electron chi connectivity index (χ2n) is 5.82. The van der Waals surface area contributed by atoms with Crippen LogP contribution in [0, 0.1) is 0 Å². The van der Waals surface area contributed by atoms with Crippen LogP contribution in [-0.4, -0.2) is 5.78 Å². The van der Waals surface area contributed by atoms with Crippen LogP contribution in [-0.2, 0) is 4.79 Å². The van der Waals surface area contributed by atoms with Crippen LogP contribution >= 0.6 is 0 Å². The van der Waals surface area contributed by atoms with E-state index in [0.29, 0.717) is 18.1 Å². The van der Waals surface area contributed by atoms with E-state index in [0.717, 1.165) is 24.8 Å². The summed E-state index contributed by atoms with van der Waals surface area (Å²) in [6, 6.07) is 10.4. The van der Waals surface area contributed by atoms with Gasteiger partial charge >= 0.3 is 0 Å². The Bertz CT molecular complexity index is 405. The van der Waals surface area contributed by atoms with E-state index >= 15 is 0 Å². The molecular weight excluding hydrogens is 244 g/mol. The summed E-state index contributed by atoms with van der Waals surface area (Å²) in [5.41, 5.74) is 2.41. The molecule has 0 amide bonds. The van der Waals surface area contributed by atoms with E-state index in [-0.39, 0.29) is 0 Å². The zero-order valence-electron chi connectivity index (χ0n) is 13.0. The second-order valence-corrected chi connectivity index (χ2v) is 5.82. The Morgan fingerprint density at radius 1 is 1.10 bits per heavy atom. The van der Waals surface area contributed by atoms with E-state index in [1.165, 1.54) is 24.8 Å². The quantitative estimate of drug-likeness (QED) is 0.396. The summed E-state index contributed by atoms with van der Waals surface area (Å²) in [7, 11) is 0. The topological polar surface area (TPSA) is 17.1 Å². The molecule has 20 heavy (non-hydrogen) atoms. The number of hydrogen-bond acceptors (Lipinski definition) is 1. The number of unbranched alkanes of at least 4 members (excludes halogenated alkanes) is 3. The number of ketones is 1. The Labute approximate surface area is 124 Å². The van der Waals surface area contributed by atoms with Gasteiger partial charge in [-0.15, -0.1) is 6.58 Å². The molecule has 0 fully saturated rings. The number of carbonyl (C=O) groups excluding carboxylic acids is 1. The van der Waals surface area contributed by atoms with Crippen molar-refractivity contribution in [2.45, 2.75) is 64.7 Å². The average molecular weight is 272 g/mol. The van der Waals surface area contributed by atoms with Crippen molar-refractivity contribution in [3.05, 3.63) is 48.0 Å². The minimum absolute atomic E-state index is 0.298. The summed E-state index contributed by atoms with van der Waals surface area (Å²) < 4.78 is 0. The smallest absolute Gasteiger partial charge is 0.133 e. The number of carbonyl (C=O) groups is 1. The van der Waals surface area contributed by atoms with Gasteiger partial charge in [0.1, 0.15) is 5.78 Å². The number of hydrogen-bond donors (Lipinski definition) is 0. The third kappa shape index (κ3) is 6.70. The normalized spacial score (nSPS) is 12.1. The Balaban J connectivity index is 2.52. The highest BCUT2D eigenvalue weighted by atomic mass is 16.1. The first-order chi connectivity index (χ1) is 9.63. The van der Waals surface area contributed by atoms with Crippen molar-refractivity contribution < 1.29 is 4.79 Å². The van der Waals surface area contributed by atoms with Crippen LogP contribution in [0.1, 0.15) is 70.3 Å². The molecule has 110 valence electrons. The largest absolute Gasteiger partial charge is 0.300 e. The van der Waals surface area contributed by atoms with Gasteiger partial charge in [0.15, 0.2) is 0 Å². The minimum atomic E-state index is 0.298. The van der Waals surface area contributed by atoms with Crippen LogP contribution in [0.2, 0.25) is 0 Å². The summed E-state index contributed by atoms with van der Waals surface area (Å²) in [5, 5.41) is 0. The Kier molecular flexibility index (Phi) is 7.94. The van der Waals surface area contributed by atoms with Crippen LogP contribution < -0.4 is 0 Å². The SMILES string of the molecule is C=C(C)CC(CC(=O)CCCCCC)c1ccccc1. The lowest BCUT2D eigenvalue weighted by atomic mass is 9.87. The average Bonchev–Trinajstić information content (AvgIpc) is 2.43. The van der Waals surface area contributed by atoms with Gasteiger partial charge in [-0.3, -0.25) is 4.79 Å². The first-order valence-corrected chi connectivity index (χ1v) is 7.84. The van der Waals surface area contributed by atoms with Crippen LogP contribution in [0.3, 0.4) is 0 Å². The third-order valence-electron chi connectivity index (χ3n) is 3.65. The Morgan fingerprint density at radius 3 is 2.40 bits per heavy atom. The first-order valence-electron chi connectivity index (χ1n) is 7.84. The molecule has 1 atom stereocenters. The zero-order valence-corrected chi connectivity index (χ0v) is 13.0. The summed E-state index contributed by atoms with van der Waals surface area (Å²) in [4.78, 5) is 12.1. The highest BCUT2D eigenvalue weighted by molar-refractivity contribution is 5.79. The lowest BCUT2D eigenvalue weighted by molar-refractivity contribution is -0.119. The molecule has 1 aromatic rings. The molecule has 0 aliphatic rings. The lowest BCUT2D eigenvalue weighted by Gasteiger charge is -2.17. The van der Waals surface area contributed by atoms with Crippen molar-refractivity contribution in [2.24, 2.45) is 0 Å².